The molecule has 100 valence electrons. The summed E-state index contributed by atoms with van der Waals surface area (Å²) in [5, 5.41) is 1.28. The fourth-order valence-electron chi connectivity index (χ4n) is 2.90. The number of benzene rings is 1. The average Bonchev–Trinajstić information content (AvgIpc) is 2.77. The maximum atomic E-state index is 6.11. The normalized spacial score (nSPS) is 11.7. The quantitative estimate of drug-likeness (QED) is 0.786. The van der Waals surface area contributed by atoms with Crippen LogP contribution < -0.4 is 5.73 Å². The molecular weight excluding hydrogens is 232 g/mol. The minimum absolute atomic E-state index is 0.0929. The summed E-state index contributed by atoms with van der Waals surface area (Å²) in [5.74, 6) is 0. The van der Waals surface area contributed by atoms with Gasteiger partial charge in [0, 0.05) is 36.1 Å². The van der Waals surface area contributed by atoms with Gasteiger partial charge < -0.3 is 10.3 Å². The van der Waals surface area contributed by atoms with Gasteiger partial charge in [0.2, 0.25) is 0 Å². The second kappa shape index (κ2) is 5.45. The van der Waals surface area contributed by atoms with E-state index in [2.05, 4.69) is 55.2 Å². The molecule has 2 rings (SSSR count). The third-order valence-corrected chi connectivity index (χ3v) is 3.93. The molecule has 0 aliphatic heterocycles. The van der Waals surface area contributed by atoms with E-state index in [1.54, 1.807) is 0 Å². The highest BCUT2D eigenvalue weighted by Gasteiger charge is 2.31. The number of nitrogens with zero attached hydrogens (tertiary/aromatic N) is 1. The van der Waals surface area contributed by atoms with Crippen LogP contribution >= 0.6 is 0 Å². The van der Waals surface area contributed by atoms with Gasteiger partial charge in [0.25, 0.3) is 0 Å². The Hall–Kier alpha value is -1.80. The minimum atomic E-state index is -0.0929. The summed E-state index contributed by atoms with van der Waals surface area (Å²) in [5.41, 5.74) is 8.55. The van der Waals surface area contributed by atoms with Crippen LogP contribution in [0.1, 0.15) is 18.4 Å². The lowest BCUT2D eigenvalue weighted by atomic mass is 9.75. The zero-order valence-electron chi connectivity index (χ0n) is 11.6. The van der Waals surface area contributed by atoms with Gasteiger partial charge >= 0.3 is 0 Å². The van der Waals surface area contributed by atoms with E-state index in [-0.39, 0.29) is 5.41 Å². The number of nitrogens with two attached hydrogens (primary N) is 1. The van der Waals surface area contributed by atoms with Gasteiger partial charge in [-0.15, -0.1) is 13.2 Å². The third-order valence-electron chi connectivity index (χ3n) is 3.93. The van der Waals surface area contributed by atoms with E-state index < -0.39 is 0 Å². The molecule has 2 aromatic rings. The summed E-state index contributed by atoms with van der Waals surface area (Å²) in [6, 6.07) is 8.45. The third kappa shape index (κ3) is 2.24. The van der Waals surface area contributed by atoms with E-state index in [1.165, 1.54) is 16.5 Å². The largest absolute Gasteiger partial charge is 0.350 e. The predicted molar refractivity (Wildman–Crippen MR) is 83.3 cm³/mol. The van der Waals surface area contributed by atoms with Gasteiger partial charge in [-0.25, -0.2) is 0 Å². The second-order valence-electron chi connectivity index (χ2n) is 5.14. The minimum Gasteiger partial charge on any atom is -0.350 e. The van der Waals surface area contributed by atoms with Crippen molar-refractivity contribution in [1.29, 1.82) is 0 Å². The highest BCUT2D eigenvalue weighted by Crippen LogP contribution is 2.37. The number of fused-ring (bicyclic) bond motifs is 1. The summed E-state index contributed by atoms with van der Waals surface area (Å²) < 4.78 is 2.17. The van der Waals surface area contributed by atoms with Crippen molar-refractivity contribution in [2.45, 2.75) is 18.3 Å². The first-order chi connectivity index (χ1) is 9.18. The van der Waals surface area contributed by atoms with Crippen molar-refractivity contribution < 1.29 is 0 Å². The van der Waals surface area contributed by atoms with Gasteiger partial charge in [-0.05, 0) is 24.5 Å². The van der Waals surface area contributed by atoms with Gasteiger partial charge in [0.15, 0.2) is 0 Å². The molecule has 0 unspecified atom stereocenters. The number of hydrogen-bond donors (Lipinski definition) is 1. The van der Waals surface area contributed by atoms with E-state index in [0.717, 1.165) is 12.8 Å². The number of aromatic nitrogens is 1. The second-order valence-corrected chi connectivity index (χ2v) is 5.14. The Bertz CT molecular complexity index is 582. The number of hydrogen-bond acceptors (Lipinski definition) is 1. The average molecular weight is 254 g/mol. The molecule has 0 radical (unpaired) electrons. The molecule has 0 saturated carbocycles. The lowest BCUT2D eigenvalue weighted by Gasteiger charge is -2.30. The molecule has 0 spiro atoms. The Morgan fingerprint density at radius 1 is 1.21 bits per heavy atom. The number of allylic oxidation sites excluding steroid dienone is 2. The lowest BCUT2D eigenvalue weighted by Crippen LogP contribution is -2.34. The van der Waals surface area contributed by atoms with E-state index >= 15 is 0 Å². The molecule has 2 nitrogen and oxygen atoms in total. The van der Waals surface area contributed by atoms with Crippen LogP contribution in [0.2, 0.25) is 0 Å². The Morgan fingerprint density at radius 2 is 1.84 bits per heavy atom. The molecule has 19 heavy (non-hydrogen) atoms. The van der Waals surface area contributed by atoms with Crippen LogP contribution in [0.5, 0.6) is 0 Å². The van der Waals surface area contributed by atoms with E-state index in [4.69, 9.17) is 5.73 Å². The van der Waals surface area contributed by atoms with Crippen molar-refractivity contribution in [1.82, 2.24) is 4.57 Å². The Labute approximate surface area is 115 Å². The van der Waals surface area contributed by atoms with Crippen LogP contribution in [0.3, 0.4) is 0 Å². The molecule has 0 atom stereocenters. The summed E-state index contributed by atoms with van der Waals surface area (Å²) in [7, 11) is 2.08. The molecule has 0 aliphatic rings. The van der Waals surface area contributed by atoms with Gasteiger partial charge in [-0.1, -0.05) is 30.4 Å². The SMILES string of the molecule is C=CCC(CN)(CC=C)c1cn(C)c2ccccc12. The van der Waals surface area contributed by atoms with Crippen LogP contribution in [0.4, 0.5) is 0 Å². The first kappa shape index (κ1) is 13.6. The van der Waals surface area contributed by atoms with Crippen molar-refractivity contribution >= 4 is 10.9 Å². The summed E-state index contributed by atoms with van der Waals surface area (Å²) in [6.07, 6.45) is 7.84. The molecule has 1 aromatic heterocycles. The first-order valence-corrected chi connectivity index (χ1v) is 6.65. The van der Waals surface area contributed by atoms with Crippen molar-refractivity contribution in [3.63, 3.8) is 0 Å². The molecule has 1 heterocycles. The monoisotopic (exact) mass is 254 g/mol. The molecule has 0 bridgehead atoms. The molecule has 2 N–H and O–H groups in total. The maximum Gasteiger partial charge on any atom is 0.0480 e. The highest BCUT2D eigenvalue weighted by atomic mass is 14.9. The van der Waals surface area contributed by atoms with Gasteiger partial charge in [0.05, 0.1) is 0 Å². The van der Waals surface area contributed by atoms with Gasteiger partial charge in [-0.3, -0.25) is 0 Å². The van der Waals surface area contributed by atoms with Crippen LogP contribution in [0, 0.1) is 0 Å². The van der Waals surface area contributed by atoms with Crippen molar-refractivity contribution in [3.05, 3.63) is 61.3 Å². The van der Waals surface area contributed by atoms with Crippen LogP contribution in [0.15, 0.2) is 55.8 Å². The zero-order valence-corrected chi connectivity index (χ0v) is 11.6. The highest BCUT2D eigenvalue weighted by molar-refractivity contribution is 5.85. The number of rotatable bonds is 6. The topological polar surface area (TPSA) is 30.9 Å². The maximum absolute atomic E-state index is 6.11. The van der Waals surface area contributed by atoms with Crippen LogP contribution in [-0.4, -0.2) is 11.1 Å². The zero-order chi connectivity index (χ0) is 13.9. The summed E-state index contributed by atoms with van der Waals surface area (Å²) in [6.45, 7) is 8.38. The predicted octanol–water partition coefficient (Wildman–Crippen LogP) is 3.53. The number of aryl methyl sites for hydroxylation is 1. The Kier molecular flexibility index (Phi) is 3.91. The number of para-hydroxylation sites is 1. The smallest absolute Gasteiger partial charge is 0.0480 e. The molecule has 0 fully saturated rings. The van der Waals surface area contributed by atoms with E-state index in [0.29, 0.717) is 6.54 Å². The van der Waals surface area contributed by atoms with E-state index in [1.807, 2.05) is 12.2 Å². The Morgan fingerprint density at radius 3 is 2.42 bits per heavy atom. The molecule has 0 aliphatic carbocycles. The molecule has 2 heteroatoms. The van der Waals surface area contributed by atoms with Crippen LogP contribution in [0.25, 0.3) is 10.9 Å². The molecular formula is C17H22N2. The fraction of sp³-hybridized carbons (Fsp3) is 0.294. The summed E-state index contributed by atoms with van der Waals surface area (Å²) in [4.78, 5) is 0. The van der Waals surface area contributed by atoms with Crippen LogP contribution in [-0.2, 0) is 12.5 Å². The summed E-state index contributed by atoms with van der Waals surface area (Å²) >= 11 is 0. The fourth-order valence-corrected chi connectivity index (χ4v) is 2.90. The van der Waals surface area contributed by atoms with Gasteiger partial charge in [0.1, 0.15) is 0 Å². The molecule has 0 amide bonds. The molecule has 0 saturated heterocycles. The first-order valence-electron chi connectivity index (χ1n) is 6.65. The van der Waals surface area contributed by atoms with Crippen molar-refractivity contribution in [2.24, 2.45) is 12.8 Å². The van der Waals surface area contributed by atoms with Gasteiger partial charge in [-0.2, -0.15) is 0 Å². The standard InChI is InChI=1S/C17H22N2/c1-4-10-17(13-18,11-5-2)15-12-19(3)16-9-7-6-8-14(15)16/h4-9,12H,1-2,10-11,13,18H2,3H3. The van der Waals surface area contributed by atoms with Crippen molar-refractivity contribution in [3.8, 4) is 0 Å². The molecule has 1 aromatic carbocycles. The lowest BCUT2D eigenvalue weighted by molar-refractivity contribution is 0.451. The van der Waals surface area contributed by atoms with Crippen molar-refractivity contribution in [2.75, 3.05) is 6.54 Å². The Balaban J connectivity index is 2.68. The van der Waals surface area contributed by atoms with E-state index in [9.17, 15) is 0 Å².